The van der Waals surface area contributed by atoms with E-state index in [1.165, 1.54) is 27.8 Å². The number of carbonyl (C=O) groups excluding carboxylic acids is 1. The molecule has 6 rings (SSSR count). The third-order valence-corrected chi connectivity index (χ3v) is 10.1. The van der Waals surface area contributed by atoms with Crippen LogP contribution in [-0.2, 0) is 21.2 Å². The van der Waals surface area contributed by atoms with Crippen LogP contribution in [-0.4, -0.2) is 70.1 Å². The zero-order valence-electron chi connectivity index (χ0n) is 21.5. The van der Waals surface area contributed by atoms with E-state index in [0.717, 1.165) is 60.7 Å². The highest BCUT2D eigenvalue weighted by Gasteiger charge is 2.31. The van der Waals surface area contributed by atoms with Crippen LogP contribution >= 0.6 is 11.3 Å². The molecule has 0 saturated carbocycles. The second-order valence-electron chi connectivity index (χ2n) is 9.71. The number of benzene rings is 3. The molecule has 0 radical (unpaired) electrons. The van der Waals surface area contributed by atoms with Crippen LogP contribution in [0.5, 0.6) is 0 Å². The summed E-state index contributed by atoms with van der Waals surface area (Å²) >= 11 is 1.49. The van der Waals surface area contributed by atoms with E-state index >= 15 is 0 Å². The van der Waals surface area contributed by atoms with Gasteiger partial charge in [-0.1, -0.05) is 41.7 Å². The first-order valence-corrected chi connectivity index (χ1v) is 15.4. The Kier molecular flexibility index (Phi) is 7.35. The number of para-hydroxylation sites is 2. The highest BCUT2D eigenvalue weighted by atomic mass is 32.2. The Morgan fingerprint density at radius 1 is 0.949 bits per heavy atom. The first-order chi connectivity index (χ1) is 19.0. The number of amides is 1. The van der Waals surface area contributed by atoms with Gasteiger partial charge >= 0.3 is 0 Å². The maximum Gasteiger partial charge on any atom is 0.264 e. The number of anilines is 2. The molecule has 0 atom stereocenters. The standard InChI is InChI=1S/C29H30N4O4S2/c34-28(23-10-12-24(13-11-23)39(35,36)33-17-14-22-6-1-3-8-26(22)33)32(16-5-15-31-18-20-37-21-19-31)29-30-25-7-2-4-9-27(25)38-29/h1-4,6-13H,5,14-21H2. The van der Waals surface area contributed by atoms with E-state index in [4.69, 9.17) is 9.72 Å². The van der Waals surface area contributed by atoms with Crippen molar-refractivity contribution >= 4 is 48.3 Å². The van der Waals surface area contributed by atoms with Gasteiger partial charge in [0.1, 0.15) is 0 Å². The van der Waals surface area contributed by atoms with Crippen molar-refractivity contribution in [3.05, 3.63) is 83.9 Å². The zero-order valence-corrected chi connectivity index (χ0v) is 23.2. The molecule has 39 heavy (non-hydrogen) atoms. The topological polar surface area (TPSA) is 83.1 Å². The molecule has 0 N–H and O–H groups in total. The lowest BCUT2D eigenvalue weighted by Crippen LogP contribution is -2.39. The number of ether oxygens (including phenoxy) is 1. The summed E-state index contributed by atoms with van der Waals surface area (Å²) in [5.74, 6) is -0.188. The maximum absolute atomic E-state index is 13.8. The number of morpholine rings is 1. The van der Waals surface area contributed by atoms with Crippen LogP contribution in [0.25, 0.3) is 10.2 Å². The van der Waals surface area contributed by atoms with E-state index in [2.05, 4.69) is 4.90 Å². The summed E-state index contributed by atoms with van der Waals surface area (Å²) in [6.07, 6.45) is 1.48. The average molecular weight is 563 g/mol. The third kappa shape index (κ3) is 5.29. The van der Waals surface area contributed by atoms with Gasteiger partial charge in [-0.3, -0.25) is 18.9 Å². The average Bonchev–Trinajstić information content (AvgIpc) is 3.61. The first-order valence-electron chi connectivity index (χ1n) is 13.2. The number of fused-ring (bicyclic) bond motifs is 2. The van der Waals surface area contributed by atoms with Gasteiger partial charge in [-0.05, 0) is 60.9 Å². The van der Waals surface area contributed by atoms with E-state index in [1.807, 2.05) is 48.5 Å². The Balaban J connectivity index is 1.23. The molecule has 1 fully saturated rings. The lowest BCUT2D eigenvalue weighted by Gasteiger charge is -2.27. The van der Waals surface area contributed by atoms with Crippen LogP contribution in [0, 0.1) is 0 Å². The van der Waals surface area contributed by atoms with E-state index in [0.29, 0.717) is 30.2 Å². The summed E-state index contributed by atoms with van der Waals surface area (Å²) in [5, 5.41) is 0.647. The summed E-state index contributed by atoms with van der Waals surface area (Å²) in [4.78, 5) is 22.8. The SMILES string of the molecule is O=C(c1ccc(S(=O)(=O)N2CCc3ccccc32)cc1)N(CCCN1CCOCC1)c1nc2ccccc2s1. The quantitative estimate of drug-likeness (QED) is 0.316. The van der Waals surface area contributed by atoms with Gasteiger partial charge in [0.05, 0.1) is 34.0 Å². The molecule has 3 aromatic carbocycles. The fourth-order valence-electron chi connectivity index (χ4n) is 5.15. The highest BCUT2D eigenvalue weighted by Crippen LogP contribution is 2.33. The van der Waals surface area contributed by atoms with Gasteiger partial charge < -0.3 is 4.74 Å². The second-order valence-corrected chi connectivity index (χ2v) is 12.6. The van der Waals surface area contributed by atoms with Crippen LogP contribution in [0.2, 0.25) is 0 Å². The molecule has 202 valence electrons. The number of carbonyl (C=O) groups is 1. The van der Waals surface area contributed by atoms with E-state index in [1.54, 1.807) is 17.0 Å². The Labute approximate surface area is 232 Å². The predicted octanol–water partition coefficient (Wildman–Crippen LogP) is 4.42. The third-order valence-electron chi connectivity index (χ3n) is 7.25. The van der Waals surface area contributed by atoms with Crippen molar-refractivity contribution < 1.29 is 17.9 Å². The van der Waals surface area contributed by atoms with Crippen molar-refractivity contribution in [3.8, 4) is 0 Å². The van der Waals surface area contributed by atoms with Gasteiger partial charge in [0, 0.05) is 38.3 Å². The first kappa shape index (κ1) is 25.9. The van der Waals surface area contributed by atoms with Gasteiger partial charge in [0.2, 0.25) is 0 Å². The summed E-state index contributed by atoms with van der Waals surface area (Å²) in [7, 11) is -3.73. The molecule has 0 spiro atoms. The number of thiazole rings is 1. The van der Waals surface area contributed by atoms with Gasteiger partial charge in [-0.15, -0.1) is 0 Å². The lowest BCUT2D eigenvalue weighted by atomic mass is 10.2. The number of hydrogen-bond donors (Lipinski definition) is 0. The molecular weight excluding hydrogens is 532 g/mol. The van der Waals surface area contributed by atoms with Crippen molar-refractivity contribution in [1.82, 2.24) is 9.88 Å². The molecule has 0 aliphatic carbocycles. The molecule has 0 bridgehead atoms. The fraction of sp³-hybridized carbons (Fsp3) is 0.310. The number of nitrogens with zero attached hydrogens (tertiary/aromatic N) is 4. The largest absolute Gasteiger partial charge is 0.379 e. The molecule has 2 aliphatic rings. The molecule has 1 aromatic heterocycles. The molecule has 8 nitrogen and oxygen atoms in total. The molecule has 3 heterocycles. The summed E-state index contributed by atoms with van der Waals surface area (Å²) in [6.45, 7) is 5.06. The van der Waals surface area contributed by atoms with Crippen molar-refractivity contribution in [2.75, 3.05) is 55.1 Å². The molecule has 1 saturated heterocycles. The van der Waals surface area contributed by atoms with Crippen molar-refractivity contribution in [1.29, 1.82) is 0 Å². The van der Waals surface area contributed by atoms with Crippen LogP contribution in [0.15, 0.2) is 77.7 Å². The zero-order chi connectivity index (χ0) is 26.8. The fourth-order valence-corrected chi connectivity index (χ4v) is 7.64. The highest BCUT2D eigenvalue weighted by molar-refractivity contribution is 7.92. The summed E-state index contributed by atoms with van der Waals surface area (Å²) in [6, 6.07) is 21.7. The van der Waals surface area contributed by atoms with Crippen molar-refractivity contribution in [2.45, 2.75) is 17.7 Å². The minimum absolute atomic E-state index is 0.176. The molecule has 4 aromatic rings. The van der Waals surface area contributed by atoms with Gasteiger partial charge in [0.15, 0.2) is 5.13 Å². The normalized spacial score (nSPS) is 15.9. The smallest absolute Gasteiger partial charge is 0.264 e. The molecule has 0 unspecified atom stereocenters. The van der Waals surface area contributed by atoms with Gasteiger partial charge in [-0.2, -0.15) is 0 Å². The molecule has 1 amide bonds. The minimum Gasteiger partial charge on any atom is -0.379 e. The predicted molar refractivity (Wildman–Crippen MR) is 154 cm³/mol. The number of hydrogen-bond acceptors (Lipinski definition) is 7. The van der Waals surface area contributed by atoms with Crippen LogP contribution < -0.4 is 9.21 Å². The lowest BCUT2D eigenvalue weighted by molar-refractivity contribution is 0.0376. The molecular formula is C29H30N4O4S2. The number of rotatable bonds is 8. The Morgan fingerprint density at radius 3 is 2.49 bits per heavy atom. The van der Waals surface area contributed by atoms with Crippen molar-refractivity contribution in [3.63, 3.8) is 0 Å². The monoisotopic (exact) mass is 562 g/mol. The van der Waals surface area contributed by atoms with E-state index in [-0.39, 0.29) is 10.8 Å². The summed E-state index contributed by atoms with van der Waals surface area (Å²) < 4.78 is 34.8. The molecule has 2 aliphatic heterocycles. The van der Waals surface area contributed by atoms with Crippen LogP contribution in [0.4, 0.5) is 10.8 Å². The molecule has 10 heteroatoms. The van der Waals surface area contributed by atoms with Crippen molar-refractivity contribution in [2.24, 2.45) is 0 Å². The number of sulfonamides is 1. The Hall–Kier alpha value is -3.31. The van der Waals surface area contributed by atoms with Gasteiger partial charge in [0.25, 0.3) is 15.9 Å². The Morgan fingerprint density at radius 2 is 1.69 bits per heavy atom. The van der Waals surface area contributed by atoms with Gasteiger partial charge in [-0.25, -0.2) is 13.4 Å². The van der Waals surface area contributed by atoms with E-state index < -0.39 is 10.0 Å². The van der Waals surface area contributed by atoms with Crippen LogP contribution in [0.3, 0.4) is 0 Å². The second kappa shape index (κ2) is 11.1. The van der Waals surface area contributed by atoms with Crippen LogP contribution in [0.1, 0.15) is 22.3 Å². The minimum atomic E-state index is -3.73. The van der Waals surface area contributed by atoms with E-state index in [9.17, 15) is 13.2 Å². The summed E-state index contributed by atoms with van der Waals surface area (Å²) in [5.41, 5.74) is 3.04. The number of aromatic nitrogens is 1. The maximum atomic E-state index is 13.8. The Bertz CT molecular complexity index is 1550.